The van der Waals surface area contributed by atoms with Crippen LogP contribution in [0.15, 0.2) is 11.6 Å². The van der Waals surface area contributed by atoms with Crippen molar-refractivity contribution in [1.82, 2.24) is 0 Å². The van der Waals surface area contributed by atoms with E-state index in [0.29, 0.717) is 17.3 Å². The van der Waals surface area contributed by atoms with E-state index < -0.39 is 0 Å². The van der Waals surface area contributed by atoms with Gasteiger partial charge in [0.15, 0.2) is 0 Å². The number of ether oxygens (including phenoxy) is 1. The first-order valence-corrected chi connectivity index (χ1v) is 16.8. The molecule has 4 aliphatic carbocycles. The molecule has 0 unspecified atom stereocenters. The zero-order chi connectivity index (χ0) is 26.3. The lowest BCUT2D eigenvalue weighted by molar-refractivity contribution is -0.151. The molecule has 0 aromatic rings. The number of rotatable bonds is 14. The lowest BCUT2D eigenvalue weighted by Crippen LogP contribution is -2.50. The number of allylic oxidation sites excluding steroid dienone is 1. The minimum Gasteiger partial charge on any atom is -0.462 e. The van der Waals surface area contributed by atoms with Gasteiger partial charge in [0, 0.05) is 12.8 Å². The Hall–Kier alpha value is -0.790. The van der Waals surface area contributed by atoms with E-state index in [1.54, 1.807) is 5.57 Å². The van der Waals surface area contributed by atoms with Crippen LogP contribution in [-0.4, -0.2) is 12.1 Å². The third-order valence-corrected chi connectivity index (χ3v) is 11.9. The van der Waals surface area contributed by atoms with E-state index in [-0.39, 0.29) is 12.1 Å². The molecule has 0 radical (unpaired) electrons. The molecule has 2 heteroatoms. The van der Waals surface area contributed by atoms with Crippen molar-refractivity contribution >= 4 is 5.97 Å². The monoisotopic (exact) mass is 512 g/mol. The van der Waals surface area contributed by atoms with E-state index in [1.807, 2.05) is 0 Å². The molecule has 0 aromatic heterocycles. The Kier molecular flexibility index (Phi) is 10.7. The summed E-state index contributed by atoms with van der Waals surface area (Å²) < 4.78 is 6.02. The third kappa shape index (κ3) is 6.69. The number of unbranched alkanes of at least 4 members (excludes halogenated alkanes) is 9. The lowest BCUT2D eigenvalue weighted by Gasteiger charge is -2.58. The number of carbonyl (C=O) groups excluding carboxylic acids is 1. The van der Waals surface area contributed by atoms with Gasteiger partial charge in [0.2, 0.25) is 0 Å². The van der Waals surface area contributed by atoms with Crippen molar-refractivity contribution in [2.45, 2.75) is 169 Å². The Morgan fingerprint density at radius 3 is 2.30 bits per heavy atom. The zero-order valence-electron chi connectivity index (χ0n) is 25.1. The molecule has 0 spiro atoms. The van der Waals surface area contributed by atoms with Gasteiger partial charge in [-0.15, -0.1) is 0 Å². The average Bonchev–Trinajstić information content (AvgIpc) is 3.22. The SMILES string of the molecule is CCCCCCCC[C@@H]1CC[C@@H]2[C@@H]3CC=C4C[C@@H](OC(=O)CCCCCCC)CC[C@]4(C)[C@H]3CC[C@]12C. The van der Waals surface area contributed by atoms with Crippen LogP contribution in [0.2, 0.25) is 0 Å². The fraction of sp³-hybridized carbons (Fsp3) is 0.914. The standard InChI is InChI=1S/C35H60O2/c1-5-7-9-11-13-14-16-27-19-21-31-30-20-18-28-26-29(37-33(36)17-15-12-10-8-6-2)22-24-35(28,4)32(30)23-25-34(27,31)3/h18,27,29-32H,5-17,19-26H2,1-4H3/t27-,29+,30+,31-,32+,34-,35+/m1/s1. The number of esters is 1. The van der Waals surface area contributed by atoms with Gasteiger partial charge in [-0.1, -0.05) is 104 Å². The topological polar surface area (TPSA) is 26.3 Å². The molecule has 0 bridgehead atoms. The van der Waals surface area contributed by atoms with Gasteiger partial charge in [-0.2, -0.15) is 0 Å². The van der Waals surface area contributed by atoms with Crippen molar-refractivity contribution in [3.8, 4) is 0 Å². The molecule has 0 saturated heterocycles. The first kappa shape index (κ1) is 29.2. The average molecular weight is 513 g/mol. The van der Waals surface area contributed by atoms with Crippen molar-refractivity contribution in [2.24, 2.45) is 34.5 Å². The fourth-order valence-electron chi connectivity index (χ4n) is 9.60. The minimum absolute atomic E-state index is 0.0511. The van der Waals surface area contributed by atoms with Crippen molar-refractivity contribution in [2.75, 3.05) is 0 Å². The van der Waals surface area contributed by atoms with E-state index in [1.165, 1.54) is 109 Å². The highest BCUT2D eigenvalue weighted by Gasteiger charge is 2.58. The van der Waals surface area contributed by atoms with Crippen LogP contribution < -0.4 is 0 Å². The quantitative estimate of drug-likeness (QED) is 0.131. The highest BCUT2D eigenvalue weighted by atomic mass is 16.5. The maximum Gasteiger partial charge on any atom is 0.306 e. The molecule has 0 amide bonds. The summed E-state index contributed by atoms with van der Waals surface area (Å²) in [5.74, 6) is 3.71. The molecule has 2 nitrogen and oxygen atoms in total. The second-order valence-corrected chi connectivity index (χ2v) is 14.2. The summed E-state index contributed by atoms with van der Waals surface area (Å²) in [5, 5.41) is 0. The Labute approximate surface area is 230 Å². The molecule has 0 aromatic carbocycles. The summed E-state index contributed by atoms with van der Waals surface area (Å²) in [6.07, 6.45) is 29.8. The van der Waals surface area contributed by atoms with Gasteiger partial charge in [-0.25, -0.2) is 0 Å². The Morgan fingerprint density at radius 1 is 0.838 bits per heavy atom. The maximum absolute atomic E-state index is 12.5. The third-order valence-electron chi connectivity index (χ3n) is 11.9. The van der Waals surface area contributed by atoms with Crippen LogP contribution in [-0.2, 0) is 9.53 Å². The van der Waals surface area contributed by atoms with Gasteiger partial charge in [-0.05, 0) is 92.3 Å². The lowest BCUT2D eigenvalue weighted by atomic mass is 9.47. The zero-order valence-corrected chi connectivity index (χ0v) is 25.1. The number of hydrogen-bond donors (Lipinski definition) is 0. The van der Waals surface area contributed by atoms with E-state index in [2.05, 4.69) is 33.8 Å². The van der Waals surface area contributed by atoms with Crippen LogP contribution in [0, 0.1) is 34.5 Å². The maximum atomic E-state index is 12.5. The summed E-state index contributed by atoms with van der Waals surface area (Å²) in [5.41, 5.74) is 2.59. The Balaban J connectivity index is 1.29. The Morgan fingerprint density at radius 2 is 1.54 bits per heavy atom. The van der Waals surface area contributed by atoms with E-state index in [0.717, 1.165) is 42.9 Å². The molecular weight excluding hydrogens is 452 g/mol. The molecule has 4 rings (SSSR count). The number of hydrogen-bond acceptors (Lipinski definition) is 2. The normalized spacial score (nSPS) is 36.9. The van der Waals surface area contributed by atoms with Crippen molar-refractivity contribution in [3.63, 3.8) is 0 Å². The smallest absolute Gasteiger partial charge is 0.306 e. The van der Waals surface area contributed by atoms with Crippen LogP contribution in [0.5, 0.6) is 0 Å². The van der Waals surface area contributed by atoms with Crippen LogP contribution in [0.25, 0.3) is 0 Å². The second-order valence-electron chi connectivity index (χ2n) is 14.2. The van der Waals surface area contributed by atoms with Gasteiger partial charge in [0.25, 0.3) is 0 Å². The predicted molar refractivity (Wildman–Crippen MR) is 156 cm³/mol. The molecule has 0 aliphatic heterocycles. The summed E-state index contributed by atoms with van der Waals surface area (Å²) in [6, 6.07) is 0. The van der Waals surface area contributed by atoms with Crippen LogP contribution in [0.1, 0.15) is 163 Å². The van der Waals surface area contributed by atoms with E-state index >= 15 is 0 Å². The van der Waals surface area contributed by atoms with Crippen molar-refractivity contribution in [3.05, 3.63) is 11.6 Å². The first-order chi connectivity index (χ1) is 17.9. The van der Waals surface area contributed by atoms with Crippen molar-refractivity contribution < 1.29 is 9.53 Å². The molecule has 3 fully saturated rings. The van der Waals surface area contributed by atoms with Crippen LogP contribution in [0.4, 0.5) is 0 Å². The van der Waals surface area contributed by atoms with Crippen molar-refractivity contribution in [1.29, 1.82) is 0 Å². The van der Waals surface area contributed by atoms with Crippen LogP contribution in [0.3, 0.4) is 0 Å². The second kappa shape index (κ2) is 13.5. The highest BCUT2D eigenvalue weighted by molar-refractivity contribution is 5.69. The molecule has 3 saturated carbocycles. The largest absolute Gasteiger partial charge is 0.462 e. The number of fused-ring (bicyclic) bond motifs is 5. The van der Waals surface area contributed by atoms with E-state index in [4.69, 9.17) is 4.74 Å². The van der Waals surface area contributed by atoms with Gasteiger partial charge >= 0.3 is 5.97 Å². The molecule has 0 N–H and O–H groups in total. The van der Waals surface area contributed by atoms with Gasteiger partial charge in [-0.3, -0.25) is 4.79 Å². The number of carbonyl (C=O) groups is 1. The fourth-order valence-corrected chi connectivity index (χ4v) is 9.60. The molecule has 0 heterocycles. The molecule has 37 heavy (non-hydrogen) atoms. The predicted octanol–water partition coefficient (Wildman–Crippen LogP) is 10.6. The van der Waals surface area contributed by atoms with Gasteiger partial charge < -0.3 is 4.74 Å². The summed E-state index contributed by atoms with van der Waals surface area (Å²) in [4.78, 5) is 12.5. The van der Waals surface area contributed by atoms with E-state index in [9.17, 15) is 4.79 Å². The van der Waals surface area contributed by atoms with Gasteiger partial charge in [0.05, 0.1) is 0 Å². The first-order valence-electron chi connectivity index (χ1n) is 16.8. The minimum atomic E-state index is 0.0511. The molecule has 7 atom stereocenters. The van der Waals surface area contributed by atoms with Gasteiger partial charge in [0.1, 0.15) is 6.10 Å². The molecular formula is C35H60O2. The summed E-state index contributed by atoms with van der Waals surface area (Å²) in [7, 11) is 0. The Bertz CT molecular complexity index is 754. The summed E-state index contributed by atoms with van der Waals surface area (Å²) >= 11 is 0. The summed E-state index contributed by atoms with van der Waals surface area (Å²) in [6.45, 7) is 9.84. The van der Waals surface area contributed by atoms with Crippen LogP contribution >= 0.6 is 0 Å². The molecule has 212 valence electrons. The molecule has 4 aliphatic rings. The highest BCUT2D eigenvalue weighted by Crippen LogP contribution is 2.66.